The van der Waals surface area contributed by atoms with E-state index < -0.39 is 0 Å². The summed E-state index contributed by atoms with van der Waals surface area (Å²) in [6.07, 6.45) is 3.27. The molecule has 148 valence electrons. The van der Waals surface area contributed by atoms with Crippen LogP contribution >= 0.6 is 0 Å². The lowest BCUT2D eigenvalue weighted by molar-refractivity contribution is -0.131. The molecule has 1 saturated carbocycles. The van der Waals surface area contributed by atoms with Gasteiger partial charge in [0.05, 0.1) is 0 Å². The molecule has 1 aliphatic carbocycles. The van der Waals surface area contributed by atoms with E-state index in [0.29, 0.717) is 5.75 Å². The third-order valence-electron chi connectivity index (χ3n) is 5.26. The van der Waals surface area contributed by atoms with E-state index in [9.17, 15) is 9.90 Å². The van der Waals surface area contributed by atoms with Crippen LogP contribution in [0.3, 0.4) is 0 Å². The van der Waals surface area contributed by atoms with Gasteiger partial charge in [0.1, 0.15) is 11.5 Å². The summed E-state index contributed by atoms with van der Waals surface area (Å²) in [6, 6.07) is 15.2. The van der Waals surface area contributed by atoms with Crippen molar-refractivity contribution in [3.05, 3.63) is 65.2 Å². The standard InChI is InChI=1S/C25H30O3/c1-17(26)28-22-12-8-19(9-13-22)23(18-6-10-21(27)11-7-18)20-14-24(2,3)16-25(4,5)15-20/h6-13,27H,14-16H2,1-5H3. The van der Waals surface area contributed by atoms with Crippen molar-refractivity contribution in [1.82, 2.24) is 0 Å². The number of ether oxygens (including phenoxy) is 1. The molecule has 0 unspecified atom stereocenters. The molecule has 3 heteroatoms. The SMILES string of the molecule is CC(=O)Oc1ccc(C(=C2CC(C)(C)CC(C)(C)C2)c2ccc(O)cc2)cc1. The number of rotatable bonds is 3. The molecule has 0 radical (unpaired) electrons. The van der Waals surface area contributed by atoms with Gasteiger partial charge < -0.3 is 9.84 Å². The molecule has 0 heterocycles. The highest BCUT2D eigenvalue weighted by Crippen LogP contribution is 2.50. The van der Waals surface area contributed by atoms with Gasteiger partial charge in [0.25, 0.3) is 0 Å². The number of hydrogen-bond acceptors (Lipinski definition) is 3. The Kier molecular flexibility index (Phi) is 5.38. The molecular formula is C25H30O3. The Labute approximate surface area is 168 Å². The molecule has 1 N–H and O–H groups in total. The van der Waals surface area contributed by atoms with Crippen LogP contribution in [-0.2, 0) is 4.79 Å². The molecular weight excluding hydrogens is 348 g/mol. The number of benzene rings is 2. The fourth-order valence-corrected chi connectivity index (χ4v) is 4.87. The van der Waals surface area contributed by atoms with Gasteiger partial charge in [0.2, 0.25) is 0 Å². The number of phenols is 1. The molecule has 28 heavy (non-hydrogen) atoms. The quantitative estimate of drug-likeness (QED) is 0.499. The predicted octanol–water partition coefficient (Wildman–Crippen LogP) is 6.36. The highest BCUT2D eigenvalue weighted by molar-refractivity contribution is 5.83. The number of aromatic hydroxyl groups is 1. The topological polar surface area (TPSA) is 46.5 Å². The van der Waals surface area contributed by atoms with Gasteiger partial charge in [0, 0.05) is 6.92 Å². The normalized spacial score (nSPS) is 17.8. The molecule has 2 aromatic rings. The van der Waals surface area contributed by atoms with E-state index in [1.807, 2.05) is 36.4 Å². The molecule has 1 aliphatic rings. The molecule has 0 aromatic heterocycles. The first kappa shape index (κ1) is 20.2. The van der Waals surface area contributed by atoms with Crippen LogP contribution in [0.25, 0.3) is 5.57 Å². The Hall–Kier alpha value is -2.55. The van der Waals surface area contributed by atoms with Gasteiger partial charge in [-0.05, 0) is 71.1 Å². The Morgan fingerprint density at radius 3 is 1.79 bits per heavy atom. The summed E-state index contributed by atoms with van der Waals surface area (Å²) < 4.78 is 5.19. The number of allylic oxidation sites excluding steroid dienone is 1. The average Bonchev–Trinajstić information content (AvgIpc) is 2.55. The van der Waals surface area contributed by atoms with E-state index >= 15 is 0 Å². The van der Waals surface area contributed by atoms with E-state index in [4.69, 9.17) is 4.74 Å². The molecule has 0 saturated heterocycles. The van der Waals surface area contributed by atoms with Gasteiger partial charge in [-0.15, -0.1) is 0 Å². The van der Waals surface area contributed by atoms with Crippen LogP contribution in [0.4, 0.5) is 0 Å². The maximum atomic E-state index is 11.2. The lowest BCUT2D eigenvalue weighted by Crippen LogP contribution is -2.30. The summed E-state index contributed by atoms with van der Waals surface area (Å²) in [5.74, 6) is 0.499. The van der Waals surface area contributed by atoms with E-state index in [1.165, 1.54) is 24.5 Å². The van der Waals surface area contributed by atoms with Crippen molar-refractivity contribution in [2.45, 2.75) is 53.9 Å². The zero-order valence-electron chi connectivity index (χ0n) is 17.5. The van der Waals surface area contributed by atoms with Crippen LogP contribution in [0.2, 0.25) is 0 Å². The average molecular weight is 379 g/mol. The number of hydrogen-bond donors (Lipinski definition) is 1. The van der Waals surface area contributed by atoms with Crippen molar-refractivity contribution in [3.63, 3.8) is 0 Å². The summed E-state index contributed by atoms with van der Waals surface area (Å²) >= 11 is 0. The summed E-state index contributed by atoms with van der Waals surface area (Å²) in [5.41, 5.74) is 5.32. The van der Waals surface area contributed by atoms with Crippen LogP contribution in [0, 0.1) is 10.8 Å². The smallest absolute Gasteiger partial charge is 0.308 e. The van der Waals surface area contributed by atoms with Gasteiger partial charge in [0.15, 0.2) is 0 Å². The van der Waals surface area contributed by atoms with Crippen molar-refractivity contribution in [2.75, 3.05) is 0 Å². The molecule has 0 aliphatic heterocycles. The van der Waals surface area contributed by atoms with E-state index in [1.54, 1.807) is 12.1 Å². The Balaban J connectivity index is 2.13. The fraction of sp³-hybridized carbons (Fsp3) is 0.400. The molecule has 0 amide bonds. The molecule has 0 atom stereocenters. The molecule has 3 rings (SSSR count). The summed E-state index contributed by atoms with van der Waals surface area (Å²) in [7, 11) is 0. The maximum absolute atomic E-state index is 11.2. The first-order chi connectivity index (χ1) is 13.0. The Morgan fingerprint density at radius 1 is 0.857 bits per heavy atom. The van der Waals surface area contributed by atoms with Crippen LogP contribution in [0.1, 0.15) is 65.0 Å². The number of phenolic OH excluding ortho intramolecular Hbond substituents is 1. The van der Waals surface area contributed by atoms with Gasteiger partial charge in [-0.1, -0.05) is 57.5 Å². The van der Waals surface area contributed by atoms with Crippen LogP contribution in [0.5, 0.6) is 11.5 Å². The van der Waals surface area contributed by atoms with Crippen LogP contribution < -0.4 is 4.74 Å². The largest absolute Gasteiger partial charge is 0.508 e. The molecule has 2 aromatic carbocycles. The van der Waals surface area contributed by atoms with Crippen molar-refractivity contribution in [1.29, 1.82) is 0 Å². The lowest BCUT2D eigenvalue weighted by atomic mass is 9.62. The number of carbonyl (C=O) groups excluding carboxylic acids is 1. The van der Waals surface area contributed by atoms with Crippen LogP contribution in [0.15, 0.2) is 54.1 Å². The van der Waals surface area contributed by atoms with Crippen molar-refractivity contribution in [2.24, 2.45) is 10.8 Å². The molecule has 0 bridgehead atoms. The van der Waals surface area contributed by atoms with Gasteiger partial charge in [-0.25, -0.2) is 0 Å². The molecule has 1 fully saturated rings. The maximum Gasteiger partial charge on any atom is 0.308 e. The summed E-state index contributed by atoms with van der Waals surface area (Å²) in [4.78, 5) is 11.2. The monoisotopic (exact) mass is 378 g/mol. The second kappa shape index (κ2) is 7.46. The minimum absolute atomic E-state index is 0.233. The second-order valence-corrected chi connectivity index (χ2v) is 9.50. The third-order valence-corrected chi connectivity index (χ3v) is 5.26. The number of esters is 1. The minimum atomic E-state index is -0.319. The highest BCUT2D eigenvalue weighted by Gasteiger charge is 2.37. The first-order valence-corrected chi connectivity index (χ1v) is 9.85. The van der Waals surface area contributed by atoms with E-state index in [0.717, 1.165) is 24.0 Å². The van der Waals surface area contributed by atoms with E-state index in [-0.39, 0.29) is 22.5 Å². The van der Waals surface area contributed by atoms with Gasteiger partial charge >= 0.3 is 5.97 Å². The van der Waals surface area contributed by atoms with Crippen LogP contribution in [-0.4, -0.2) is 11.1 Å². The van der Waals surface area contributed by atoms with E-state index in [2.05, 4.69) is 27.7 Å². The zero-order valence-corrected chi connectivity index (χ0v) is 17.5. The van der Waals surface area contributed by atoms with Gasteiger partial charge in [-0.2, -0.15) is 0 Å². The Bertz CT molecular complexity index is 866. The zero-order chi connectivity index (χ0) is 20.5. The highest BCUT2D eigenvalue weighted by atomic mass is 16.5. The first-order valence-electron chi connectivity index (χ1n) is 9.85. The minimum Gasteiger partial charge on any atom is -0.508 e. The van der Waals surface area contributed by atoms with Crippen molar-refractivity contribution in [3.8, 4) is 11.5 Å². The second-order valence-electron chi connectivity index (χ2n) is 9.50. The van der Waals surface area contributed by atoms with Crippen molar-refractivity contribution < 1.29 is 14.6 Å². The predicted molar refractivity (Wildman–Crippen MR) is 113 cm³/mol. The fourth-order valence-electron chi connectivity index (χ4n) is 4.87. The number of carbonyl (C=O) groups is 1. The summed E-state index contributed by atoms with van der Waals surface area (Å²) in [6.45, 7) is 10.8. The lowest BCUT2D eigenvalue weighted by Gasteiger charge is -2.43. The molecule has 0 spiro atoms. The Morgan fingerprint density at radius 2 is 1.32 bits per heavy atom. The third kappa shape index (κ3) is 4.83. The van der Waals surface area contributed by atoms with Gasteiger partial charge in [-0.3, -0.25) is 4.79 Å². The van der Waals surface area contributed by atoms with Crippen molar-refractivity contribution >= 4 is 11.5 Å². The molecule has 3 nitrogen and oxygen atoms in total. The summed E-state index contributed by atoms with van der Waals surface area (Å²) in [5, 5.41) is 9.74.